The van der Waals surface area contributed by atoms with Gasteiger partial charge in [-0.3, -0.25) is 0 Å². The summed E-state index contributed by atoms with van der Waals surface area (Å²) in [7, 11) is -2.21. The highest BCUT2D eigenvalue weighted by Gasteiger charge is 2.50. The lowest BCUT2D eigenvalue weighted by Crippen LogP contribution is -2.54. The number of hydrogen-bond acceptors (Lipinski definition) is 4. The largest absolute Gasteiger partial charge is 0.465 e. The van der Waals surface area contributed by atoms with Gasteiger partial charge in [-0.05, 0) is 50.9 Å². The lowest BCUT2D eigenvalue weighted by molar-refractivity contribution is 0.0449. The molecule has 7 nitrogen and oxygen atoms in total. The first-order valence-corrected chi connectivity index (χ1v) is 13.7. The van der Waals surface area contributed by atoms with Gasteiger partial charge in [-0.2, -0.15) is 0 Å². The Morgan fingerprint density at radius 2 is 1.71 bits per heavy atom. The van der Waals surface area contributed by atoms with Crippen LogP contribution in [0.1, 0.15) is 47.1 Å². The summed E-state index contributed by atoms with van der Waals surface area (Å²) < 4.78 is 12.1. The number of likely N-dealkylation sites (tertiary alicyclic amines) is 1. The van der Waals surface area contributed by atoms with E-state index in [0.29, 0.717) is 6.42 Å². The Kier molecular flexibility index (Phi) is 7.48. The van der Waals surface area contributed by atoms with Crippen LogP contribution < -0.4 is 5.32 Å². The van der Waals surface area contributed by atoms with Gasteiger partial charge in [0.15, 0.2) is 8.32 Å². The maximum Gasteiger partial charge on any atom is 0.408 e. The summed E-state index contributed by atoms with van der Waals surface area (Å²) in [5, 5.41) is 12.8. The van der Waals surface area contributed by atoms with Gasteiger partial charge in [-0.25, -0.2) is 9.59 Å². The molecule has 0 aromatic heterocycles. The van der Waals surface area contributed by atoms with Crippen molar-refractivity contribution in [3.8, 4) is 0 Å². The third-order valence-corrected chi connectivity index (χ3v) is 10.6. The van der Waals surface area contributed by atoms with Crippen LogP contribution in [0.25, 0.3) is 0 Å². The Hall–Kier alpha value is -2.06. The van der Waals surface area contributed by atoms with Crippen molar-refractivity contribution in [3.63, 3.8) is 0 Å². The van der Waals surface area contributed by atoms with E-state index < -0.39 is 44.3 Å². The zero-order chi connectivity index (χ0) is 23.6. The molecule has 1 unspecified atom stereocenters. The Labute approximate surface area is 187 Å². The second-order valence-corrected chi connectivity index (χ2v) is 15.5. The van der Waals surface area contributed by atoms with Crippen LogP contribution in [0.4, 0.5) is 9.59 Å². The smallest absolute Gasteiger partial charge is 0.408 e. The third kappa shape index (κ3) is 6.71. The van der Waals surface area contributed by atoms with Crippen molar-refractivity contribution in [1.82, 2.24) is 10.2 Å². The minimum absolute atomic E-state index is 0.0466. The topological polar surface area (TPSA) is 88.1 Å². The fourth-order valence-electron chi connectivity index (χ4n) is 3.50. The van der Waals surface area contributed by atoms with E-state index in [9.17, 15) is 14.7 Å². The molecule has 0 bridgehead atoms. The maximum absolute atomic E-state index is 12.7. The van der Waals surface area contributed by atoms with Gasteiger partial charge in [0.2, 0.25) is 0 Å². The number of ether oxygens (including phenoxy) is 1. The standard InChI is InChI=1S/C23H38N2O5Si/c1-22(2,3)29-20(26)24-19-17(14-16-12-10-9-11-13-16)25(21(27)28)15-18(19)30-31(7,8)23(4,5)6/h9-13,17-19H,14-15H2,1-8H3,(H,24,26)(H,27,28)/t17?,18-,19+/m0/s1. The van der Waals surface area contributed by atoms with Crippen molar-refractivity contribution in [1.29, 1.82) is 0 Å². The number of alkyl carbamates (subject to hydrolysis) is 1. The predicted molar refractivity (Wildman–Crippen MR) is 124 cm³/mol. The molecular weight excluding hydrogens is 412 g/mol. The molecule has 1 aromatic carbocycles. The van der Waals surface area contributed by atoms with Gasteiger partial charge in [0.25, 0.3) is 0 Å². The van der Waals surface area contributed by atoms with E-state index in [1.54, 1.807) is 20.8 Å². The molecule has 3 atom stereocenters. The quantitative estimate of drug-likeness (QED) is 0.625. The molecule has 1 aliphatic heterocycles. The molecule has 2 rings (SSSR count). The first-order chi connectivity index (χ1) is 14.1. The molecule has 31 heavy (non-hydrogen) atoms. The van der Waals surface area contributed by atoms with Crippen molar-refractivity contribution >= 4 is 20.5 Å². The van der Waals surface area contributed by atoms with Gasteiger partial charge in [0.1, 0.15) is 5.60 Å². The Bertz CT molecular complexity index is 770. The highest BCUT2D eigenvalue weighted by molar-refractivity contribution is 6.74. The maximum atomic E-state index is 12.7. The monoisotopic (exact) mass is 450 g/mol. The first-order valence-electron chi connectivity index (χ1n) is 10.8. The summed E-state index contributed by atoms with van der Waals surface area (Å²) in [4.78, 5) is 26.2. The van der Waals surface area contributed by atoms with E-state index in [-0.39, 0.29) is 11.6 Å². The van der Waals surface area contributed by atoms with Crippen LogP contribution in [0.5, 0.6) is 0 Å². The predicted octanol–water partition coefficient (Wildman–Crippen LogP) is 4.88. The van der Waals surface area contributed by atoms with Crippen LogP contribution in [0.15, 0.2) is 30.3 Å². The molecule has 0 radical (unpaired) electrons. The van der Waals surface area contributed by atoms with Crippen LogP contribution in [0, 0.1) is 0 Å². The van der Waals surface area contributed by atoms with Crippen molar-refractivity contribution < 1.29 is 23.9 Å². The fraction of sp³-hybridized carbons (Fsp3) is 0.652. The minimum Gasteiger partial charge on any atom is -0.465 e. The van der Waals surface area contributed by atoms with Crippen molar-refractivity contribution in [2.75, 3.05) is 6.54 Å². The average Bonchev–Trinajstić information content (AvgIpc) is 2.90. The molecule has 0 saturated carbocycles. The number of rotatable bonds is 5. The van der Waals surface area contributed by atoms with Crippen LogP contribution >= 0.6 is 0 Å². The number of benzene rings is 1. The second kappa shape index (κ2) is 9.20. The molecule has 1 aromatic rings. The number of hydrogen-bond donors (Lipinski definition) is 2. The molecule has 0 aliphatic carbocycles. The number of nitrogens with one attached hydrogen (secondary N) is 1. The molecule has 1 aliphatic rings. The van der Waals surface area contributed by atoms with Gasteiger partial charge < -0.3 is 24.5 Å². The number of carbonyl (C=O) groups is 2. The first kappa shape index (κ1) is 25.2. The minimum atomic E-state index is -2.21. The number of nitrogens with zero attached hydrogens (tertiary/aromatic N) is 1. The second-order valence-electron chi connectivity index (χ2n) is 10.8. The number of amides is 2. The highest BCUT2D eigenvalue weighted by atomic mass is 28.4. The summed E-state index contributed by atoms with van der Waals surface area (Å²) in [5.74, 6) is 0. The SMILES string of the molecule is CC(C)(C)OC(=O)N[C@@H]1C(Cc2ccccc2)N(C(=O)O)C[C@@H]1O[Si](C)(C)C(C)(C)C. The zero-order valence-corrected chi connectivity index (χ0v) is 21.1. The molecular formula is C23H38N2O5Si. The van der Waals surface area contributed by atoms with E-state index in [4.69, 9.17) is 9.16 Å². The third-order valence-electron chi connectivity index (χ3n) is 6.06. The lowest BCUT2D eigenvalue weighted by atomic mass is 9.99. The van der Waals surface area contributed by atoms with Gasteiger partial charge in [-0.15, -0.1) is 0 Å². The highest BCUT2D eigenvalue weighted by Crippen LogP contribution is 2.39. The van der Waals surface area contributed by atoms with Crippen LogP contribution in [0.3, 0.4) is 0 Å². The van der Waals surface area contributed by atoms with Gasteiger partial charge in [0, 0.05) is 0 Å². The van der Waals surface area contributed by atoms with E-state index in [2.05, 4.69) is 39.2 Å². The summed E-state index contributed by atoms with van der Waals surface area (Å²) in [6.07, 6.45) is -1.55. The molecule has 1 saturated heterocycles. The fourth-order valence-corrected chi connectivity index (χ4v) is 4.83. The molecule has 1 fully saturated rings. The average molecular weight is 451 g/mol. The van der Waals surface area contributed by atoms with E-state index in [0.717, 1.165) is 5.56 Å². The van der Waals surface area contributed by atoms with E-state index in [1.165, 1.54) is 4.90 Å². The van der Waals surface area contributed by atoms with Gasteiger partial charge in [0.05, 0.1) is 24.7 Å². The molecule has 174 valence electrons. The lowest BCUT2D eigenvalue weighted by Gasteiger charge is -2.40. The van der Waals surface area contributed by atoms with Gasteiger partial charge >= 0.3 is 12.2 Å². The zero-order valence-electron chi connectivity index (χ0n) is 20.1. The molecule has 2 amide bonds. The normalized spacial score (nSPS) is 22.3. The molecule has 8 heteroatoms. The Morgan fingerprint density at radius 3 is 2.19 bits per heavy atom. The van der Waals surface area contributed by atoms with Crippen LogP contribution in [-0.4, -0.2) is 60.8 Å². The van der Waals surface area contributed by atoms with Gasteiger partial charge in [-0.1, -0.05) is 51.1 Å². The molecule has 0 spiro atoms. The Morgan fingerprint density at radius 1 is 1.13 bits per heavy atom. The summed E-state index contributed by atoms with van der Waals surface area (Å²) in [6.45, 7) is 16.3. The summed E-state index contributed by atoms with van der Waals surface area (Å²) in [6, 6.07) is 8.74. The summed E-state index contributed by atoms with van der Waals surface area (Å²) >= 11 is 0. The van der Waals surface area contributed by atoms with E-state index in [1.807, 2.05) is 30.3 Å². The van der Waals surface area contributed by atoms with Crippen molar-refractivity contribution in [2.24, 2.45) is 0 Å². The van der Waals surface area contributed by atoms with Crippen molar-refractivity contribution in [2.45, 2.75) is 89.9 Å². The Balaban J connectivity index is 2.37. The van der Waals surface area contributed by atoms with Crippen LogP contribution in [0.2, 0.25) is 18.1 Å². The molecule has 2 N–H and O–H groups in total. The number of carbonyl (C=O) groups excluding carboxylic acids is 1. The molecule has 1 heterocycles. The number of carboxylic acid groups (broad SMARTS) is 1. The summed E-state index contributed by atoms with van der Waals surface area (Å²) in [5.41, 5.74) is 0.350. The van der Waals surface area contributed by atoms with Crippen molar-refractivity contribution in [3.05, 3.63) is 35.9 Å². The van der Waals surface area contributed by atoms with Crippen LogP contribution in [-0.2, 0) is 15.6 Å². The van der Waals surface area contributed by atoms with E-state index >= 15 is 0 Å².